The van der Waals surface area contributed by atoms with E-state index in [4.69, 9.17) is 16.3 Å². The minimum atomic E-state index is -3.49. The summed E-state index contributed by atoms with van der Waals surface area (Å²) < 4.78 is 31.5. The first-order chi connectivity index (χ1) is 16.3. The zero-order chi connectivity index (χ0) is 24.7. The maximum absolute atomic E-state index is 13.2. The molecule has 0 bridgehead atoms. The number of amides is 1. The van der Waals surface area contributed by atoms with E-state index in [2.05, 4.69) is 23.7 Å². The minimum Gasteiger partial charge on any atom is -0.497 e. The fourth-order valence-corrected chi connectivity index (χ4v) is 6.03. The Morgan fingerprint density at radius 2 is 1.79 bits per heavy atom. The second-order valence-electron chi connectivity index (χ2n) is 7.78. The predicted octanol–water partition coefficient (Wildman–Crippen LogP) is 4.89. The molecule has 3 aromatic rings. The van der Waals surface area contributed by atoms with E-state index in [0.29, 0.717) is 23.2 Å². The van der Waals surface area contributed by atoms with Gasteiger partial charge in [0.25, 0.3) is 0 Å². The summed E-state index contributed by atoms with van der Waals surface area (Å²) in [5.74, 6) is 0.488. The number of halogens is 1. The molecule has 0 aliphatic heterocycles. The van der Waals surface area contributed by atoms with E-state index < -0.39 is 9.84 Å². The van der Waals surface area contributed by atoms with E-state index in [-0.39, 0.29) is 29.4 Å². The van der Waals surface area contributed by atoms with Crippen molar-refractivity contribution < 1.29 is 17.9 Å². The van der Waals surface area contributed by atoms with Crippen molar-refractivity contribution in [3.05, 3.63) is 47.5 Å². The fraction of sp³-hybridized carbons (Fsp3) is 0.417. The van der Waals surface area contributed by atoms with Gasteiger partial charge in [-0.1, -0.05) is 36.8 Å². The normalized spacial score (nSPS) is 11.8. The number of hydrogen-bond acceptors (Lipinski definition) is 7. The van der Waals surface area contributed by atoms with Crippen LogP contribution in [0.5, 0.6) is 5.75 Å². The molecule has 1 aromatic heterocycles. The summed E-state index contributed by atoms with van der Waals surface area (Å²) in [4.78, 5) is 22.0. The first-order valence-corrected chi connectivity index (χ1v) is 14.1. The number of rotatable bonds is 12. The van der Waals surface area contributed by atoms with Gasteiger partial charge in [0.05, 0.1) is 28.0 Å². The van der Waals surface area contributed by atoms with Gasteiger partial charge in [-0.15, -0.1) is 0 Å². The zero-order valence-electron chi connectivity index (χ0n) is 19.7. The third-order valence-corrected chi connectivity index (χ3v) is 8.74. The summed E-state index contributed by atoms with van der Waals surface area (Å²) in [6.07, 6.45) is 0.342. The number of likely N-dealkylation sites (N-methyl/N-ethyl adjacent to an activating group) is 1. The Bertz CT molecular complexity index is 1210. The number of ether oxygens (including phenoxy) is 1. The predicted molar refractivity (Wildman–Crippen MR) is 139 cm³/mol. The Morgan fingerprint density at radius 3 is 2.44 bits per heavy atom. The lowest BCUT2D eigenvalue weighted by Gasteiger charge is -2.24. The Balaban J connectivity index is 1.74. The Labute approximate surface area is 210 Å². The molecule has 1 heterocycles. The monoisotopic (exact) mass is 523 g/mol. The average molecular weight is 524 g/mol. The molecule has 34 heavy (non-hydrogen) atoms. The van der Waals surface area contributed by atoms with Crippen molar-refractivity contribution in [3.63, 3.8) is 0 Å². The third-order valence-electron chi connectivity index (χ3n) is 5.63. The number of fused-ring (bicyclic) bond motifs is 1. The minimum absolute atomic E-state index is 0.110. The lowest BCUT2D eigenvalue weighted by Crippen LogP contribution is -2.38. The molecule has 2 aromatic carbocycles. The molecule has 0 saturated carbocycles. The molecule has 0 fully saturated rings. The van der Waals surface area contributed by atoms with Crippen LogP contribution in [0.2, 0.25) is 5.02 Å². The van der Waals surface area contributed by atoms with Crippen molar-refractivity contribution in [2.24, 2.45) is 0 Å². The highest BCUT2D eigenvalue weighted by Gasteiger charge is 2.22. The molecule has 0 aliphatic rings. The van der Waals surface area contributed by atoms with Crippen LogP contribution in [-0.4, -0.2) is 63.3 Å². The summed E-state index contributed by atoms with van der Waals surface area (Å²) in [5, 5.41) is 1.09. The quantitative estimate of drug-likeness (QED) is 0.336. The van der Waals surface area contributed by atoms with Gasteiger partial charge in [-0.2, -0.15) is 0 Å². The highest BCUT2D eigenvalue weighted by molar-refractivity contribution is 7.91. The summed E-state index contributed by atoms with van der Waals surface area (Å²) in [5.41, 5.74) is 0.798. The molecule has 0 atom stereocenters. The first-order valence-electron chi connectivity index (χ1n) is 11.2. The number of hydrogen-bond donors (Lipinski definition) is 0. The van der Waals surface area contributed by atoms with E-state index >= 15 is 0 Å². The molecule has 1 amide bonds. The highest BCUT2D eigenvalue weighted by atomic mass is 35.5. The van der Waals surface area contributed by atoms with E-state index in [9.17, 15) is 13.2 Å². The van der Waals surface area contributed by atoms with Gasteiger partial charge >= 0.3 is 0 Å². The largest absolute Gasteiger partial charge is 0.497 e. The van der Waals surface area contributed by atoms with Crippen LogP contribution in [-0.2, 0) is 14.6 Å². The number of carbonyl (C=O) groups excluding carboxylic acids is 1. The van der Waals surface area contributed by atoms with Crippen LogP contribution >= 0.6 is 22.9 Å². The molecule has 10 heteroatoms. The van der Waals surface area contributed by atoms with Crippen LogP contribution in [0.15, 0.2) is 47.4 Å². The van der Waals surface area contributed by atoms with Crippen LogP contribution in [0.1, 0.15) is 26.7 Å². The fourth-order valence-electron chi connectivity index (χ4n) is 3.55. The smallest absolute Gasteiger partial charge is 0.228 e. The lowest BCUT2D eigenvalue weighted by atomic mass is 10.3. The standard InChI is InChI=1S/C24H30ClN3O4S2/c1-4-27(5-2)14-15-28(24-26-21-13-10-19(32-3)17-22(21)33-24)23(29)7-6-16-34(30,31)20-11-8-18(25)9-12-20/h8-13,17H,4-7,14-16H2,1-3H3. The van der Waals surface area contributed by atoms with Gasteiger partial charge < -0.3 is 9.64 Å². The molecule has 7 nitrogen and oxygen atoms in total. The number of methoxy groups -OCH3 is 1. The zero-order valence-corrected chi connectivity index (χ0v) is 22.0. The summed E-state index contributed by atoms with van der Waals surface area (Å²) in [6.45, 7) is 7.13. The third kappa shape index (κ3) is 6.69. The molecule has 0 radical (unpaired) electrons. The molecule has 0 aliphatic carbocycles. The molecule has 0 unspecified atom stereocenters. The van der Waals surface area contributed by atoms with Crippen LogP contribution in [0.4, 0.5) is 5.13 Å². The van der Waals surface area contributed by atoms with Gasteiger partial charge in [-0.25, -0.2) is 13.4 Å². The van der Waals surface area contributed by atoms with Gasteiger partial charge in [0.1, 0.15) is 5.75 Å². The average Bonchev–Trinajstić information content (AvgIpc) is 3.24. The lowest BCUT2D eigenvalue weighted by molar-refractivity contribution is -0.118. The number of nitrogens with zero attached hydrogens (tertiary/aromatic N) is 3. The summed E-state index contributed by atoms with van der Waals surface area (Å²) in [7, 11) is -1.88. The maximum atomic E-state index is 13.2. The summed E-state index contributed by atoms with van der Waals surface area (Å²) in [6, 6.07) is 11.7. The topological polar surface area (TPSA) is 79.8 Å². The first kappa shape index (κ1) is 26.4. The summed E-state index contributed by atoms with van der Waals surface area (Å²) >= 11 is 7.29. The second-order valence-corrected chi connectivity index (χ2v) is 11.3. The number of thiazole rings is 1. The number of benzene rings is 2. The molecule has 0 N–H and O–H groups in total. The second kappa shape index (κ2) is 12.0. The van der Waals surface area contributed by atoms with E-state index in [1.165, 1.54) is 23.5 Å². The Morgan fingerprint density at radius 1 is 1.09 bits per heavy atom. The van der Waals surface area contributed by atoms with E-state index in [0.717, 1.165) is 29.1 Å². The maximum Gasteiger partial charge on any atom is 0.228 e. The molecule has 184 valence electrons. The van der Waals surface area contributed by atoms with Crippen molar-refractivity contribution in [3.8, 4) is 5.75 Å². The Kier molecular flexibility index (Phi) is 9.30. The van der Waals surface area contributed by atoms with Crippen molar-refractivity contribution in [2.45, 2.75) is 31.6 Å². The van der Waals surface area contributed by atoms with Gasteiger partial charge in [0, 0.05) is 24.5 Å². The number of aromatic nitrogens is 1. The van der Waals surface area contributed by atoms with Crippen LogP contribution in [0.25, 0.3) is 10.2 Å². The molecule has 0 spiro atoms. The van der Waals surface area contributed by atoms with Crippen molar-refractivity contribution in [2.75, 3.05) is 43.9 Å². The van der Waals surface area contributed by atoms with Crippen molar-refractivity contribution in [1.82, 2.24) is 9.88 Å². The van der Waals surface area contributed by atoms with E-state index in [1.807, 2.05) is 18.2 Å². The Hall–Kier alpha value is -2.20. The van der Waals surface area contributed by atoms with Crippen molar-refractivity contribution >= 4 is 54.0 Å². The SMILES string of the molecule is CCN(CC)CCN(C(=O)CCCS(=O)(=O)c1ccc(Cl)cc1)c1nc2ccc(OC)cc2s1. The van der Waals surface area contributed by atoms with Gasteiger partial charge in [-0.3, -0.25) is 9.69 Å². The number of sulfone groups is 1. The molecule has 3 rings (SSSR count). The van der Waals surface area contributed by atoms with Crippen LogP contribution in [0.3, 0.4) is 0 Å². The van der Waals surface area contributed by atoms with E-state index in [1.54, 1.807) is 24.1 Å². The van der Waals surface area contributed by atoms with Gasteiger partial charge in [0.2, 0.25) is 5.91 Å². The number of anilines is 1. The van der Waals surface area contributed by atoms with Crippen molar-refractivity contribution in [1.29, 1.82) is 0 Å². The van der Waals surface area contributed by atoms with Crippen LogP contribution in [0, 0.1) is 0 Å². The number of carbonyl (C=O) groups is 1. The molecule has 0 saturated heterocycles. The highest BCUT2D eigenvalue weighted by Crippen LogP contribution is 2.32. The molecular weight excluding hydrogens is 494 g/mol. The van der Waals surface area contributed by atoms with Crippen LogP contribution < -0.4 is 9.64 Å². The van der Waals surface area contributed by atoms with Gasteiger partial charge in [-0.05, 0) is 62.0 Å². The molecular formula is C24H30ClN3O4S2. The van der Waals surface area contributed by atoms with Gasteiger partial charge in [0.15, 0.2) is 15.0 Å².